The van der Waals surface area contributed by atoms with Gasteiger partial charge in [0, 0.05) is 13.1 Å². The predicted molar refractivity (Wildman–Crippen MR) is 58.9 cm³/mol. The van der Waals surface area contributed by atoms with Crippen molar-refractivity contribution in [2.24, 2.45) is 11.7 Å². The Morgan fingerprint density at radius 1 is 1.62 bits per heavy atom. The van der Waals surface area contributed by atoms with E-state index in [1.807, 2.05) is 4.90 Å². The van der Waals surface area contributed by atoms with Crippen molar-refractivity contribution in [3.05, 3.63) is 17.5 Å². The molecule has 88 valence electrons. The molecule has 0 saturated carbocycles. The number of carbonyl (C=O) groups is 1. The fourth-order valence-electron chi connectivity index (χ4n) is 2.05. The molecular formula is C11H17N3O2. The van der Waals surface area contributed by atoms with E-state index in [2.05, 4.69) is 5.16 Å². The summed E-state index contributed by atoms with van der Waals surface area (Å²) in [5.74, 6) is 1.17. The van der Waals surface area contributed by atoms with E-state index >= 15 is 0 Å². The van der Waals surface area contributed by atoms with Crippen molar-refractivity contribution in [2.45, 2.75) is 19.8 Å². The van der Waals surface area contributed by atoms with E-state index in [9.17, 15) is 4.79 Å². The van der Waals surface area contributed by atoms with Crippen molar-refractivity contribution in [1.82, 2.24) is 10.1 Å². The van der Waals surface area contributed by atoms with Gasteiger partial charge in [0.15, 0.2) is 0 Å². The highest BCUT2D eigenvalue weighted by Crippen LogP contribution is 2.19. The number of aromatic nitrogens is 1. The maximum Gasteiger partial charge on any atom is 0.259 e. The lowest BCUT2D eigenvalue weighted by Crippen LogP contribution is -2.40. The number of nitrogens with zero attached hydrogens (tertiary/aromatic N) is 2. The molecule has 1 aliphatic rings. The number of likely N-dealkylation sites (tertiary alicyclic amines) is 1. The van der Waals surface area contributed by atoms with Crippen molar-refractivity contribution in [2.75, 3.05) is 19.6 Å². The van der Waals surface area contributed by atoms with E-state index in [1.54, 1.807) is 6.92 Å². The van der Waals surface area contributed by atoms with Crippen LogP contribution in [0.25, 0.3) is 0 Å². The maximum atomic E-state index is 12.1. The van der Waals surface area contributed by atoms with Gasteiger partial charge in [-0.05, 0) is 32.2 Å². The highest BCUT2D eigenvalue weighted by atomic mass is 16.5. The first-order valence-corrected chi connectivity index (χ1v) is 5.63. The van der Waals surface area contributed by atoms with Crippen LogP contribution in [0.2, 0.25) is 0 Å². The summed E-state index contributed by atoms with van der Waals surface area (Å²) in [5.41, 5.74) is 6.19. The van der Waals surface area contributed by atoms with Crippen LogP contribution in [-0.2, 0) is 0 Å². The average Bonchev–Trinajstić information content (AvgIpc) is 2.75. The van der Waals surface area contributed by atoms with E-state index < -0.39 is 0 Å². The molecule has 1 aliphatic heterocycles. The van der Waals surface area contributed by atoms with E-state index in [0.717, 1.165) is 25.9 Å². The summed E-state index contributed by atoms with van der Waals surface area (Å²) in [6.07, 6.45) is 3.48. The molecule has 16 heavy (non-hydrogen) atoms. The van der Waals surface area contributed by atoms with E-state index in [-0.39, 0.29) is 5.91 Å². The fourth-order valence-corrected chi connectivity index (χ4v) is 2.05. The van der Waals surface area contributed by atoms with Crippen LogP contribution in [-0.4, -0.2) is 35.6 Å². The highest BCUT2D eigenvalue weighted by Gasteiger charge is 2.25. The smallest absolute Gasteiger partial charge is 0.259 e. The van der Waals surface area contributed by atoms with Gasteiger partial charge in [0.1, 0.15) is 11.3 Å². The Kier molecular flexibility index (Phi) is 3.24. The van der Waals surface area contributed by atoms with E-state index in [0.29, 0.717) is 23.8 Å². The standard InChI is InChI=1S/C11H17N3O2/c1-8-10(7-13-16-8)11(15)14-4-2-9(6-12)3-5-14/h7,9H,2-6,12H2,1H3. The molecule has 1 saturated heterocycles. The summed E-state index contributed by atoms with van der Waals surface area (Å²) in [7, 11) is 0. The van der Waals surface area contributed by atoms with Gasteiger partial charge in [-0.15, -0.1) is 0 Å². The van der Waals surface area contributed by atoms with E-state index in [4.69, 9.17) is 10.3 Å². The molecule has 5 heteroatoms. The third-order valence-corrected chi connectivity index (χ3v) is 3.22. The Labute approximate surface area is 94.6 Å². The van der Waals surface area contributed by atoms with Gasteiger partial charge in [-0.3, -0.25) is 4.79 Å². The summed E-state index contributed by atoms with van der Waals surface area (Å²) < 4.78 is 4.90. The Morgan fingerprint density at radius 3 is 2.81 bits per heavy atom. The number of piperidine rings is 1. The lowest BCUT2D eigenvalue weighted by Gasteiger charge is -2.31. The molecule has 1 amide bonds. The van der Waals surface area contributed by atoms with E-state index in [1.165, 1.54) is 6.20 Å². The fraction of sp³-hybridized carbons (Fsp3) is 0.636. The van der Waals surface area contributed by atoms with Gasteiger partial charge in [-0.1, -0.05) is 5.16 Å². The molecule has 2 N–H and O–H groups in total. The molecule has 0 spiro atoms. The largest absolute Gasteiger partial charge is 0.361 e. The molecule has 0 aliphatic carbocycles. The number of hydrogen-bond donors (Lipinski definition) is 1. The molecule has 1 fully saturated rings. The van der Waals surface area contributed by atoms with Crippen LogP contribution in [0.15, 0.2) is 10.7 Å². The van der Waals surface area contributed by atoms with Crippen molar-refractivity contribution in [1.29, 1.82) is 0 Å². The summed E-state index contributed by atoms with van der Waals surface area (Å²) in [6, 6.07) is 0. The molecule has 2 heterocycles. The second-order valence-corrected chi connectivity index (χ2v) is 4.27. The Balaban J connectivity index is 2.00. The maximum absolute atomic E-state index is 12.1. The zero-order chi connectivity index (χ0) is 11.5. The number of carbonyl (C=O) groups excluding carboxylic acids is 1. The number of hydrogen-bond acceptors (Lipinski definition) is 4. The summed E-state index contributed by atoms with van der Waals surface area (Å²) in [5, 5.41) is 3.63. The third kappa shape index (κ3) is 2.09. The molecule has 0 unspecified atom stereocenters. The van der Waals surface area contributed by atoms with Gasteiger partial charge in [-0.2, -0.15) is 0 Å². The minimum atomic E-state index is 0.0224. The molecule has 1 aromatic rings. The second-order valence-electron chi connectivity index (χ2n) is 4.27. The zero-order valence-electron chi connectivity index (χ0n) is 9.48. The number of nitrogens with two attached hydrogens (primary N) is 1. The highest BCUT2D eigenvalue weighted by molar-refractivity contribution is 5.94. The van der Waals surface area contributed by atoms with Gasteiger partial charge >= 0.3 is 0 Å². The minimum Gasteiger partial charge on any atom is -0.361 e. The molecule has 0 atom stereocenters. The van der Waals surface area contributed by atoms with Gasteiger partial charge in [0.2, 0.25) is 0 Å². The zero-order valence-corrected chi connectivity index (χ0v) is 9.48. The molecule has 1 aromatic heterocycles. The van der Waals surface area contributed by atoms with Crippen molar-refractivity contribution in [3.8, 4) is 0 Å². The normalized spacial score (nSPS) is 17.8. The first-order valence-electron chi connectivity index (χ1n) is 5.63. The topological polar surface area (TPSA) is 72.4 Å². The van der Waals surface area contributed by atoms with Crippen LogP contribution < -0.4 is 5.73 Å². The predicted octanol–water partition coefficient (Wildman–Crippen LogP) is 0.794. The average molecular weight is 223 g/mol. The van der Waals surface area contributed by atoms with Crippen LogP contribution in [0, 0.1) is 12.8 Å². The van der Waals surface area contributed by atoms with Crippen LogP contribution in [0.4, 0.5) is 0 Å². The summed E-state index contributed by atoms with van der Waals surface area (Å²) >= 11 is 0. The quantitative estimate of drug-likeness (QED) is 0.804. The first kappa shape index (κ1) is 11.1. The SMILES string of the molecule is Cc1oncc1C(=O)N1CCC(CN)CC1. The van der Waals surface area contributed by atoms with Crippen molar-refractivity contribution in [3.63, 3.8) is 0 Å². The Morgan fingerprint density at radius 2 is 2.31 bits per heavy atom. The Bertz CT molecular complexity index is 367. The van der Waals surface area contributed by atoms with Gasteiger partial charge in [0.25, 0.3) is 5.91 Å². The summed E-state index contributed by atoms with van der Waals surface area (Å²) in [4.78, 5) is 13.9. The minimum absolute atomic E-state index is 0.0224. The molecular weight excluding hydrogens is 206 g/mol. The van der Waals surface area contributed by atoms with Crippen LogP contribution in [0.3, 0.4) is 0 Å². The van der Waals surface area contributed by atoms with Crippen LogP contribution >= 0.6 is 0 Å². The second kappa shape index (κ2) is 4.65. The van der Waals surface area contributed by atoms with Crippen molar-refractivity contribution < 1.29 is 9.32 Å². The first-order chi connectivity index (χ1) is 7.72. The van der Waals surface area contributed by atoms with Crippen molar-refractivity contribution >= 4 is 5.91 Å². The number of amides is 1. The monoisotopic (exact) mass is 223 g/mol. The number of rotatable bonds is 2. The molecule has 2 rings (SSSR count). The third-order valence-electron chi connectivity index (χ3n) is 3.22. The van der Waals surface area contributed by atoms with Crippen LogP contribution in [0.5, 0.6) is 0 Å². The molecule has 5 nitrogen and oxygen atoms in total. The van der Waals surface area contributed by atoms with Gasteiger partial charge in [0.05, 0.1) is 6.20 Å². The van der Waals surface area contributed by atoms with Gasteiger partial charge in [-0.25, -0.2) is 0 Å². The number of aryl methyl sites for hydroxylation is 1. The van der Waals surface area contributed by atoms with Gasteiger partial charge < -0.3 is 15.2 Å². The molecule has 0 aromatic carbocycles. The molecule has 0 bridgehead atoms. The molecule has 0 radical (unpaired) electrons. The summed E-state index contributed by atoms with van der Waals surface area (Å²) in [6.45, 7) is 4.04. The van der Waals surface area contributed by atoms with Crippen LogP contribution in [0.1, 0.15) is 29.0 Å². The Hall–Kier alpha value is -1.36. The lowest BCUT2D eigenvalue weighted by atomic mass is 9.97. The lowest BCUT2D eigenvalue weighted by molar-refractivity contribution is 0.0691.